The van der Waals surface area contributed by atoms with Gasteiger partial charge in [0.2, 0.25) is 0 Å². The Kier molecular flexibility index (Phi) is 3.39. The van der Waals surface area contributed by atoms with Crippen molar-refractivity contribution in [3.63, 3.8) is 0 Å². The normalized spacial score (nSPS) is 17.0. The van der Waals surface area contributed by atoms with E-state index in [0.29, 0.717) is 16.3 Å². The summed E-state index contributed by atoms with van der Waals surface area (Å²) in [6.45, 7) is 0. The minimum absolute atomic E-state index is 0.0361. The number of hydrogen-bond donors (Lipinski definition) is 1. The highest BCUT2D eigenvalue weighted by Crippen LogP contribution is 2.39. The molecule has 0 amide bonds. The molecule has 1 N–H and O–H groups in total. The van der Waals surface area contributed by atoms with Gasteiger partial charge < -0.3 is 9.84 Å². The molecular formula is C16H11ClO4. The van der Waals surface area contributed by atoms with Crippen LogP contribution in [0.15, 0.2) is 42.5 Å². The second kappa shape index (κ2) is 5.22. The van der Waals surface area contributed by atoms with Crippen molar-refractivity contribution in [1.29, 1.82) is 0 Å². The second-order valence-corrected chi connectivity index (χ2v) is 5.18. The van der Waals surface area contributed by atoms with Gasteiger partial charge in [0.1, 0.15) is 11.9 Å². The Hall–Kier alpha value is -2.33. The van der Waals surface area contributed by atoms with Crippen LogP contribution < -0.4 is 4.74 Å². The van der Waals surface area contributed by atoms with Gasteiger partial charge in [0.15, 0.2) is 5.78 Å². The summed E-state index contributed by atoms with van der Waals surface area (Å²) in [4.78, 5) is 23.0. The first-order chi connectivity index (χ1) is 10.1. The van der Waals surface area contributed by atoms with E-state index in [4.69, 9.17) is 21.4 Å². The third-order valence-electron chi connectivity index (χ3n) is 3.43. The Labute approximate surface area is 125 Å². The van der Waals surface area contributed by atoms with Crippen LogP contribution in [0, 0.1) is 0 Å². The number of halogens is 1. The topological polar surface area (TPSA) is 63.6 Å². The number of rotatable bonds is 2. The summed E-state index contributed by atoms with van der Waals surface area (Å²) in [5, 5.41) is 9.29. The molecule has 0 aliphatic carbocycles. The van der Waals surface area contributed by atoms with E-state index < -0.39 is 12.1 Å². The molecule has 0 saturated heterocycles. The average Bonchev–Trinajstić information content (AvgIpc) is 2.48. The first-order valence-electron chi connectivity index (χ1n) is 6.38. The van der Waals surface area contributed by atoms with Gasteiger partial charge in [-0.1, -0.05) is 29.8 Å². The van der Waals surface area contributed by atoms with E-state index >= 15 is 0 Å². The van der Waals surface area contributed by atoms with E-state index in [-0.39, 0.29) is 17.8 Å². The van der Waals surface area contributed by atoms with Gasteiger partial charge in [-0.05, 0) is 29.8 Å². The van der Waals surface area contributed by atoms with Crippen LogP contribution in [0.3, 0.4) is 0 Å². The van der Waals surface area contributed by atoms with Crippen molar-refractivity contribution in [2.75, 3.05) is 0 Å². The van der Waals surface area contributed by atoms with Gasteiger partial charge in [0, 0.05) is 0 Å². The molecule has 0 bridgehead atoms. The highest BCUT2D eigenvalue weighted by Gasteiger charge is 2.29. The van der Waals surface area contributed by atoms with Gasteiger partial charge in [0.05, 0.1) is 22.6 Å². The zero-order chi connectivity index (χ0) is 15.0. The molecule has 5 heteroatoms. The van der Waals surface area contributed by atoms with Crippen molar-refractivity contribution in [2.24, 2.45) is 0 Å². The molecule has 0 aromatic heterocycles. The lowest BCUT2D eigenvalue weighted by molar-refractivity contribution is 0.0695. The van der Waals surface area contributed by atoms with Gasteiger partial charge in [-0.2, -0.15) is 0 Å². The number of carboxylic acid groups (broad SMARTS) is 1. The van der Waals surface area contributed by atoms with Gasteiger partial charge >= 0.3 is 5.97 Å². The number of para-hydroxylation sites is 1. The quantitative estimate of drug-likeness (QED) is 0.917. The number of benzene rings is 2. The largest absolute Gasteiger partial charge is 0.483 e. The first-order valence-corrected chi connectivity index (χ1v) is 6.75. The van der Waals surface area contributed by atoms with Gasteiger partial charge in [-0.15, -0.1) is 0 Å². The van der Waals surface area contributed by atoms with Crippen LogP contribution in [0.2, 0.25) is 5.02 Å². The third kappa shape index (κ3) is 2.50. The Morgan fingerprint density at radius 1 is 1.19 bits per heavy atom. The Morgan fingerprint density at radius 3 is 2.57 bits per heavy atom. The summed E-state index contributed by atoms with van der Waals surface area (Å²) in [6, 6.07) is 11.4. The molecule has 1 atom stereocenters. The minimum Gasteiger partial charge on any atom is -0.483 e. The summed E-state index contributed by atoms with van der Waals surface area (Å²) in [6.07, 6.45) is -0.243. The van der Waals surface area contributed by atoms with Crippen molar-refractivity contribution >= 4 is 23.4 Å². The van der Waals surface area contributed by atoms with Crippen LogP contribution in [-0.2, 0) is 0 Å². The maximum Gasteiger partial charge on any atom is 0.335 e. The standard InChI is InChI=1S/C16H11ClO4/c17-12-3-1-2-11-13(18)8-14(21-15(11)12)9-4-6-10(7-5-9)16(19)20/h1-7,14H,8H2,(H,19,20). The summed E-state index contributed by atoms with van der Waals surface area (Å²) in [5.74, 6) is -0.635. The molecule has 1 aliphatic heterocycles. The van der Waals surface area contributed by atoms with E-state index in [9.17, 15) is 9.59 Å². The molecule has 2 aromatic rings. The highest BCUT2D eigenvalue weighted by atomic mass is 35.5. The minimum atomic E-state index is -0.990. The molecule has 1 aliphatic rings. The lowest BCUT2D eigenvalue weighted by Gasteiger charge is -2.26. The molecule has 0 radical (unpaired) electrons. The van der Waals surface area contributed by atoms with Crippen molar-refractivity contribution in [1.82, 2.24) is 0 Å². The maximum absolute atomic E-state index is 12.2. The third-order valence-corrected chi connectivity index (χ3v) is 3.73. The van der Waals surface area contributed by atoms with Crippen LogP contribution in [0.4, 0.5) is 0 Å². The number of ketones is 1. The molecule has 0 fully saturated rings. The monoisotopic (exact) mass is 302 g/mol. The highest BCUT2D eigenvalue weighted by molar-refractivity contribution is 6.32. The fourth-order valence-corrected chi connectivity index (χ4v) is 2.56. The molecule has 1 unspecified atom stereocenters. The summed E-state index contributed by atoms with van der Waals surface area (Å²) in [5.41, 5.74) is 1.43. The predicted molar refractivity (Wildman–Crippen MR) is 77.2 cm³/mol. The molecule has 3 rings (SSSR count). The zero-order valence-electron chi connectivity index (χ0n) is 10.9. The number of ether oxygens (including phenoxy) is 1. The summed E-state index contributed by atoms with van der Waals surface area (Å²) < 4.78 is 5.82. The number of carbonyl (C=O) groups is 2. The number of carboxylic acids is 1. The number of Topliss-reactive ketones (excluding diaryl/α,β-unsaturated/α-hetero) is 1. The van der Waals surface area contributed by atoms with Crippen molar-refractivity contribution in [3.05, 3.63) is 64.2 Å². The molecule has 106 valence electrons. The van der Waals surface area contributed by atoms with E-state index in [0.717, 1.165) is 5.56 Å². The fourth-order valence-electron chi connectivity index (χ4n) is 2.34. The number of fused-ring (bicyclic) bond motifs is 1. The molecular weight excluding hydrogens is 292 g/mol. The zero-order valence-corrected chi connectivity index (χ0v) is 11.6. The van der Waals surface area contributed by atoms with E-state index in [2.05, 4.69) is 0 Å². The van der Waals surface area contributed by atoms with E-state index in [1.54, 1.807) is 30.3 Å². The van der Waals surface area contributed by atoms with Crippen molar-refractivity contribution < 1.29 is 19.4 Å². The maximum atomic E-state index is 12.2. The Morgan fingerprint density at radius 2 is 1.90 bits per heavy atom. The van der Waals surface area contributed by atoms with Gasteiger partial charge in [-0.3, -0.25) is 4.79 Å². The summed E-state index contributed by atoms with van der Waals surface area (Å²) >= 11 is 6.07. The van der Waals surface area contributed by atoms with E-state index in [1.165, 1.54) is 12.1 Å². The van der Waals surface area contributed by atoms with Crippen LogP contribution in [0.25, 0.3) is 0 Å². The number of aromatic carboxylic acids is 1. The van der Waals surface area contributed by atoms with Gasteiger partial charge in [0.25, 0.3) is 0 Å². The SMILES string of the molecule is O=C(O)c1ccc(C2CC(=O)c3cccc(Cl)c3O2)cc1. The molecule has 2 aromatic carbocycles. The molecule has 1 heterocycles. The van der Waals surface area contributed by atoms with Crippen LogP contribution >= 0.6 is 11.6 Å². The van der Waals surface area contributed by atoms with E-state index in [1.807, 2.05) is 0 Å². The van der Waals surface area contributed by atoms with Crippen LogP contribution in [-0.4, -0.2) is 16.9 Å². The van der Waals surface area contributed by atoms with Crippen LogP contribution in [0.5, 0.6) is 5.75 Å². The smallest absolute Gasteiger partial charge is 0.335 e. The Bertz CT molecular complexity index is 722. The van der Waals surface area contributed by atoms with Gasteiger partial charge in [-0.25, -0.2) is 4.79 Å². The average molecular weight is 303 g/mol. The number of hydrogen-bond acceptors (Lipinski definition) is 3. The fraction of sp³-hybridized carbons (Fsp3) is 0.125. The molecule has 0 saturated carbocycles. The van der Waals surface area contributed by atoms with Crippen molar-refractivity contribution in [2.45, 2.75) is 12.5 Å². The molecule has 0 spiro atoms. The molecule has 4 nitrogen and oxygen atoms in total. The Balaban J connectivity index is 1.93. The molecule has 21 heavy (non-hydrogen) atoms. The lowest BCUT2D eigenvalue weighted by Crippen LogP contribution is -2.20. The predicted octanol–water partition coefficient (Wildman–Crippen LogP) is 3.74. The lowest BCUT2D eigenvalue weighted by atomic mass is 9.96. The first kappa shape index (κ1) is 13.6. The number of carbonyl (C=O) groups excluding carboxylic acids is 1. The second-order valence-electron chi connectivity index (χ2n) is 4.78. The van der Waals surface area contributed by atoms with Crippen molar-refractivity contribution in [3.8, 4) is 5.75 Å². The van der Waals surface area contributed by atoms with Crippen LogP contribution in [0.1, 0.15) is 38.8 Å². The summed E-state index contributed by atoms with van der Waals surface area (Å²) in [7, 11) is 0.